The first-order valence-corrected chi connectivity index (χ1v) is 5.35. The van der Waals surface area contributed by atoms with Crippen LogP contribution in [0.3, 0.4) is 0 Å². The number of ether oxygens (including phenoxy) is 1. The second-order valence-electron chi connectivity index (χ2n) is 3.73. The predicted octanol–water partition coefficient (Wildman–Crippen LogP) is 0.741. The van der Waals surface area contributed by atoms with E-state index in [4.69, 9.17) is 0 Å². The molecule has 17 heavy (non-hydrogen) atoms. The van der Waals surface area contributed by atoms with Crippen LogP contribution in [0, 0.1) is 0 Å². The molecule has 1 aromatic rings. The Morgan fingerprint density at radius 3 is 2.71 bits per heavy atom. The van der Waals surface area contributed by atoms with Gasteiger partial charge in [0.25, 0.3) is 0 Å². The number of hydrogen-bond donors (Lipinski definition) is 1. The molecule has 90 valence electrons. The van der Waals surface area contributed by atoms with Gasteiger partial charge in [-0.15, -0.1) is 0 Å². The van der Waals surface area contributed by atoms with Crippen LogP contribution in [0.2, 0.25) is 0 Å². The topological polar surface area (TPSA) is 62.1 Å². The summed E-state index contributed by atoms with van der Waals surface area (Å²) in [4.78, 5) is 17.3. The standard InChI is InChI=1S/C12H14N2O3/c1-17-12(16)11(15)9-2-4-10(5-3-9)14-7-6-13-8-14/h2-5,8,11,15H,6-7H2,1H3. The lowest BCUT2D eigenvalue weighted by Gasteiger charge is -2.15. The van der Waals surface area contributed by atoms with Crippen LogP contribution in [0.4, 0.5) is 5.69 Å². The minimum absolute atomic E-state index is 0.525. The van der Waals surface area contributed by atoms with E-state index in [0.717, 1.165) is 18.8 Å². The molecule has 0 amide bonds. The summed E-state index contributed by atoms with van der Waals surface area (Å²) in [5.74, 6) is -0.652. The molecule has 1 unspecified atom stereocenters. The molecular weight excluding hydrogens is 220 g/mol. The average Bonchev–Trinajstić information content (AvgIpc) is 2.91. The number of rotatable bonds is 3. The van der Waals surface area contributed by atoms with E-state index in [2.05, 4.69) is 9.73 Å². The van der Waals surface area contributed by atoms with E-state index in [1.54, 1.807) is 18.5 Å². The number of nitrogens with zero attached hydrogens (tertiary/aromatic N) is 2. The molecule has 0 bridgehead atoms. The van der Waals surface area contributed by atoms with Crippen molar-refractivity contribution in [2.45, 2.75) is 6.10 Å². The van der Waals surface area contributed by atoms with Gasteiger partial charge in [-0.2, -0.15) is 0 Å². The smallest absolute Gasteiger partial charge is 0.339 e. The van der Waals surface area contributed by atoms with Crippen molar-refractivity contribution in [2.24, 2.45) is 4.99 Å². The van der Waals surface area contributed by atoms with Gasteiger partial charge in [-0.3, -0.25) is 4.99 Å². The maximum absolute atomic E-state index is 11.1. The highest BCUT2D eigenvalue weighted by atomic mass is 16.5. The molecule has 1 aromatic carbocycles. The summed E-state index contributed by atoms with van der Waals surface area (Å²) >= 11 is 0. The molecule has 1 N–H and O–H groups in total. The van der Waals surface area contributed by atoms with E-state index in [-0.39, 0.29) is 0 Å². The van der Waals surface area contributed by atoms with Crippen molar-refractivity contribution in [3.63, 3.8) is 0 Å². The Hall–Kier alpha value is -1.88. The summed E-state index contributed by atoms with van der Waals surface area (Å²) in [6, 6.07) is 7.11. The summed E-state index contributed by atoms with van der Waals surface area (Å²) in [6.45, 7) is 1.66. The van der Waals surface area contributed by atoms with Crippen LogP contribution in [0.1, 0.15) is 11.7 Å². The molecule has 1 atom stereocenters. The van der Waals surface area contributed by atoms with Gasteiger partial charge < -0.3 is 14.7 Å². The number of aliphatic imine (C=N–C) groups is 1. The van der Waals surface area contributed by atoms with Gasteiger partial charge in [0.05, 0.1) is 20.0 Å². The van der Waals surface area contributed by atoms with Gasteiger partial charge in [0, 0.05) is 12.2 Å². The molecule has 0 radical (unpaired) electrons. The average molecular weight is 234 g/mol. The molecule has 2 rings (SSSR count). The molecule has 0 aromatic heterocycles. The largest absolute Gasteiger partial charge is 0.467 e. The third-order valence-corrected chi connectivity index (χ3v) is 2.66. The van der Waals surface area contributed by atoms with E-state index in [0.29, 0.717) is 5.56 Å². The van der Waals surface area contributed by atoms with Crippen LogP contribution < -0.4 is 4.90 Å². The van der Waals surface area contributed by atoms with E-state index in [1.807, 2.05) is 17.0 Å². The fraction of sp³-hybridized carbons (Fsp3) is 0.333. The number of carbonyl (C=O) groups is 1. The van der Waals surface area contributed by atoms with Crippen LogP contribution in [0.5, 0.6) is 0 Å². The maximum atomic E-state index is 11.1. The number of aliphatic hydroxyl groups excluding tert-OH is 1. The van der Waals surface area contributed by atoms with E-state index in [9.17, 15) is 9.90 Å². The zero-order chi connectivity index (χ0) is 12.3. The van der Waals surface area contributed by atoms with Gasteiger partial charge in [0.1, 0.15) is 0 Å². The SMILES string of the molecule is COC(=O)C(O)c1ccc(N2C=NCC2)cc1. The van der Waals surface area contributed by atoms with Gasteiger partial charge >= 0.3 is 5.97 Å². The van der Waals surface area contributed by atoms with E-state index >= 15 is 0 Å². The lowest BCUT2D eigenvalue weighted by Crippen LogP contribution is -2.18. The van der Waals surface area contributed by atoms with Crippen molar-refractivity contribution in [3.8, 4) is 0 Å². The van der Waals surface area contributed by atoms with Gasteiger partial charge in [-0.05, 0) is 17.7 Å². The Balaban J connectivity index is 2.12. The minimum atomic E-state index is -1.22. The second kappa shape index (κ2) is 4.97. The number of hydrogen-bond acceptors (Lipinski definition) is 5. The zero-order valence-electron chi connectivity index (χ0n) is 9.54. The quantitative estimate of drug-likeness (QED) is 0.784. The first-order valence-electron chi connectivity index (χ1n) is 5.35. The first-order chi connectivity index (χ1) is 8.22. The van der Waals surface area contributed by atoms with Crippen molar-refractivity contribution >= 4 is 18.0 Å². The lowest BCUT2D eigenvalue weighted by molar-refractivity contribution is -0.150. The zero-order valence-corrected chi connectivity index (χ0v) is 9.54. The van der Waals surface area contributed by atoms with Crippen molar-refractivity contribution in [2.75, 3.05) is 25.1 Å². The molecule has 0 fully saturated rings. The fourth-order valence-corrected chi connectivity index (χ4v) is 1.67. The monoisotopic (exact) mass is 234 g/mol. The van der Waals surface area contributed by atoms with E-state index < -0.39 is 12.1 Å². The minimum Gasteiger partial charge on any atom is -0.467 e. The van der Waals surface area contributed by atoms with Crippen LogP contribution >= 0.6 is 0 Å². The molecule has 5 nitrogen and oxygen atoms in total. The molecule has 0 saturated heterocycles. The summed E-state index contributed by atoms with van der Waals surface area (Å²) < 4.78 is 4.48. The summed E-state index contributed by atoms with van der Waals surface area (Å²) in [7, 11) is 1.25. The van der Waals surface area contributed by atoms with Crippen molar-refractivity contribution < 1.29 is 14.6 Å². The number of benzene rings is 1. The van der Waals surface area contributed by atoms with Crippen LogP contribution in [0.25, 0.3) is 0 Å². The molecular formula is C12H14N2O3. The van der Waals surface area contributed by atoms with Crippen LogP contribution in [-0.2, 0) is 9.53 Å². The highest BCUT2D eigenvalue weighted by molar-refractivity contribution is 5.81. The number of anilines is 1. The molecule has 1 heterocycles. The second-order valence-corrected chi connectivity index (χ2v) is 3.73. The predicted molar refractivity (Wildman–Crippen MR) is 64.1 cm³/mol. The number of aliphatic hydroxyl groups is 1. The van der Waals surface area contributed by atoms with Gasteiger partial charge in [0.2, 0.25) is 0 Å². The third-order valence-electron chi connectivity index (χ3n) is 2.66. The molecule has 5 heteroatoms. The molecule has 1 aliphatic heterocycles. The maximum Gasteiger partial charge on any atom is 0.339 e. The summed E-state index contributed by atoms with van der Waals surface area (Å²) in [6.07, 6.45) is 0.562. The Kier molecular flexibility index (Phi) is 3.39. The number of carbonyl (C=O) groups excluding carboxylic acids is 1. The van der Waals surface area contributed by atoms with Crippen LogP contribution in [0.15, 0.2) is 29.3 Å². The van der Waals surface area contributed by atoms with Gasteiger partial charge in [0.15, 0.2) is 6.10 Å². The summed E-state index contributed by atoms with van der Waals surface area (Å²) in [5, 5.41) is 9.63. The van der Waals surface area contributed by atoms with Crippen molar-refractivity contribution in [3.05, 3.63) is 29.8 Å². The first kappa shape index (κ1) is 11.6. The normalized spacial score (nSPS) is 16.0. The highest BCUT2D eigenvalue weighted by Gasteiger charge is 2.18. The Morgan fingerprint density at radius 1 is 1.47 bits per heavy atom. The lowest BCUT2D eigenvalue weighted by atomic mass is 10.1. The Labute approximate surface area is 99.3 Å². The Bertz CT molecular complexity index is 428. The fourth-order valence-electron chi connectivity index (χ4n) is 1.67. The third kappa shape index (κ3) is 2.45. The number of esters is 1. The highest BCUT2D eigenvalue weighted by Crippen LogP contribution is 2.20. The van der Waals surface area contributed by atoms with Crippen LogP contribution in [-0.4, -0.2) is 37.6 Å². The molecule has 0 spiro atoms. The van der Waals surface area contributed by atoms with Crippen molar-refractivity contribution in [1.29, 1.82) is 0 Å². The van der Waals surface area contributed by atoms with Crippen molar-refractivity contribution in [1.82, 2.24) is 0 Å². The summed E-state index contributed by atoms with van der Waals surface area (Å²) in [5.41, 5.74) is 1.52. The number of methoxy groups -OCH3 is 1. The van der Waals surface area contributed by atoms with E-state index in [1.165, 1.54) is 7.11 Å². The molecule has 0 saturated carbocycles. The Morgan fingerprint density at radius 2 is 2.18 bits per heavy atom. The molecule has 0 aliphatic carbocycles. The van der Waals surface area contributed by atoms with Gasteiger partial charge in [-0.25, -0.2) is 4.79 Å². The van der Waals surface area contributed by atoms with Gasteiger partial charge in [-0.1, -0.05) is 12.1 Å². The molecule has 1 aliphatic rings.